The van der Waals surface area contributed by atoms with Crippen LogP contribution in [0, 0.1) is 12.8 Å². The molecule has 1 atom stereocenters. The first-order valence-electron chi connectivity index (χ1n) is 8.39. The maximum atomic E-state index is 11.4. The van der Waals surface area contributed by atoms with E-state index in [0.29, 0.717) is 12.6 Å². The Morgan fingerprint density at radius 3 is 2.88 bits per heavy atom. The van der Waals surface area contributed by atoms with Crippen molar-refractivity contribution in [2.24, 2.45) is 5.92 Å². The van der Waals surface area contributed by atoms with Gasteiger partial charge in [-0.2, -0.15) is 0 Å². The van der Waals surface area contributed by atoms with Crippen molar-refractivity contribution < 1.29 is 9.53 Å². The van der Waals surface area contributed by atoms with Crippen molar-refractivity contribution in [3.05, 3.63) is 47.5 Å². The number of likely N-dealkylation sites (tertiary alicyclic amines) is 1. The molecule has 1 aliphatic rings. The maximum absolute atomic E-state index is 11.4. The van der Waals surface area contributed by atoms with Gasteiger partial charge in [0.1, 0.15) is 6.33 Å². The van der Waals surface area contributed by atoms with E-state index in [9.17, 15) is 4.79 Å². The fourth-order valence-corrected chi connectivity index (χ4v) is 3.26. The fourth-order valence-electron chi connectivity index (χ4n) is 3.26. The lowest BCUT2D eigenvalue weighted by Gasteiger charge is -2.32. The van der Waals surface area contributed by atoms with E-state index in [1.165, 1.54) is 31.1 Å². The third kappa shape index (κ3) is 4.20. The van der Waals surface area contributed by atoms with Crippen LogP contribution in [0.3, 0.4) is 0 Å². The zero-order valence-corrected chi connectivity index (χ0v) is 14.3. The second-order valence-corrected chi connectivity index (χ2v) is 6.52. The van der Waals surface area contributed by atoms with E-state index >= 15 is 0 Å². The first-order chi connectivity index (χ1) is 11.6. The molecule has 0 bridgehead atoms. The Bertz CT molecular complexity index is 681. The minimum Gasteiger partial charge on any atom is -0.463 e. The SMILES string of the molecule is COC(=O)c1ncn(CN2CCC[C@@H](Cc3ccc(C)cc3)C2)n1. The highest BCUT2D eigenvalue weighted by molar-refractivity contribution is 5.84. The standard InChI is InChI=1S/C18H24N4O2/c1-14-5-7-15(8-6-14)10-16-4-3-9-21(11-16)13-22-12-19-17(20-22)18(23)24-2/h5-8,12,16H,3-4,9-11,13H2,1-2H3/t16-/m0/s1. The molecule has 0 spiro atoms. The monoisotopic (exact) mass is 328 g/mol. The van der Waals surface area contributed by atoms with Crippen LogP contribution in [0.4, 0.5) is 0 Å². The van der Waals surface area contributed by atoms with E-state index in [4.69, 9.17) is 0 Å². The zero-order valence-electron chi connectivity index (χ0n) is 14.3. The molecule has 1 fully saturated rings. The van der Waals surface area contributed by atoms with Gasteiger partial charge in [-0.05, 0) is 44.2 Å². The molecular formula is C18H24N4O2. The van der Waals surface area contributed by atoms with Gasteiger partial charge in [0.25, 0.3) is 5.82 Å². The number of methoxy groups -OCH3 is 1. The summed E-state index contributed by atoms with van der Waals surface area (Å²) in [5.74, 6) is 0.278. The molecule has 2 heterocycles. The van der Waals surface area contributed by atoms with Crippen molar-refractivity contribution >= 4 is 5.97 Å². The van der Waals surface area contributed by atoms with Gasteiger partial charge in [0, 0.05) is 6.54 Å². The Balaban J connectivity index is 1.56. The summed E-state index contributed by atoms with van der Waals surface area (Å²) < 4.78 is 6.35. The average Bonchev–Trinajstić information content (AvgIpc) is 3.05. The van der Waals surface area contributed by atoms with Gasteiger partial charge in [-0.1, -0.05) is 29.8 Å². The predicted molar refractivity (Wildman–Crippen MR) is 90.5 cm³/mol. The molecule has 0 N–H and O–H groups in total. The zero-order chi connectivity index (χ0) is 16.9. The molecule has 6 heteroatoms. The lowest BCUT2D eigenvalue weighted by Crippen LogP contribution is -2.37. The third-order valence-corrected chi connectivity index (χ3v) is 4.50. The number of aromatic nitrogens is 3. The molecule has 6 nitrogen and oxygen atoms in total. The molecule has 1 aliphatic heterocycles. The highest BCUT2D eigenvalue weighted by Gasteiger charge is 2.21. The van der Waals surface area contributed by atoms with Crippen molar-refractivity contribution in [2.75, 3.05) is 20.2 Å². The second kappa shape index (κ2) is 7.57. The molecule has 0 saturated carbocycles. The van der Waals surface area contributed by atoms with Crippen LogP contribution in [0.15, 0.2) is 30.6 Å². The summed E-state index contributed by atoms with van der Waals surface area (Å²) in [5, 5.41) is 4.18. The molecule has 0 aliphatic carbocycles. The van der Waals surface area contributed by atoms with Gasteiger partial charge in [-0.3, -0.25) is 4.90 Å². The molecule has 0 amide bonds. The molecule has 1 aromatic carbocycles. The summed E-state index contributed by atoms with van der Waals surface area (Å²) in [6.07, 6.45) is 5.15. The summed E-state index contributed by atoms with van der Waals surface area (Å²) in [7, 11) is 1.34. The number of benzene rings is 1. The highest BCUT2D eigenvalue weighted by Crippen LogP contribution is 2.21. The van der Waals surface area contributed by atoms with Crippen molar-refractivity contribution in [2.45, 2.75) is 32.9 Å². The van der Waals surface area contributed by atoms with Gasteiger partial charge >= 0.3 is 5.97 Å². The van der Waals surface area contributed by atoms with Crippen LogP contribution in [-0.2, 0) is 17.8 Å². The van der Waals surface area contributed by atoms with E-state index in [1.807, 2.05) is 0 Å². The predicted octanol–water partition coefficient (Wildman–Crippen LogP) is 2.29. The van der Waals surface area contributed by atoms with Gasteiger partial charge in [0.2, 0.25) is 0 Å². The lowest BCUT2D eigenvalue weighted by atomic mass is 9.91. The van der Waals surface area contributed by atoms with Crippen molar-refractivity contribution in [3.63, 3.8) is 0 Å². The minimum atomic E-state index is -0.496. The third-order valence-electron chi connectivity index (χ3n) is 4.50. The molecule has 2 aromatic rings. The van der Waals surface area contributed by atoms with Crippen LogP contribution < -0.4 is 0 Å². The Morgan fingerprint density at radius 2 is 2.12 bits per heavy atom. The normalized spacial score (nSPS) is 18.5. The number of hydrogen-bond donors (Lipinski definition) is 0. The van der Waals surface area contributed by atoms with Crippen LogP contribution in [0.5, 0.6) is 0 Å². The van der Waals surface area contributed by atoms with Crippen molar-refractivity contribution in [1.29, 1.82) is 0 Å². The Morgan fingerprint density at radius 1 is 1.33 bits per heavy atom. The van der Waals surface area contributed by atoms with Crippen LogP contribution in [0.2, 0.25) is 0 Å². The number of aryl methyl sites for hydroxylation is 1. The number of carbonyl (C=O) groups is 1. The summed E-state index contributed by atoms with van der Waals surface area (Å²) in [4.78, 5) is 17.8. The smallest absolute Gasteiger partial charge is 0.377 e. The summed E-state index contributed by atoms with van der Waals surface area (Å²) >= 11 is 0. The van der Waals surface area contributed by atoms with E-state index in [2.05, 4.69) is 50.9 Å². The molecule has 0 radical (unpaired) electrons. The number of carbonyl (C=O) groups excluding carboxylic acids is 1. The minimum absolute atomic E-state index is 0.116. The second-order valence-electron chi connectivity index (χ2n) is 6.52. The summed E-state index contributed by atoms with van der Waals surface area (Å²) in [6, 6.07) is 8.82. The number of hydrogen-bond acceptors (Lipinski definition) is 5. The van der Waals surface area contributed by atoms with Gasteiger partial charge in [0.15, 0.2) is 0 Å². The van der Waals surface area contributed by atoms with Crippen LogP contribution in [0.1, 0.15) is 34.6 Å². The topological polar surface area (TPSA) is 60.2 Å². The number of rotatable bonds is 5. The van der Waals surface area contributed by atoms with Crippen molar-refractivity contribution in [3.8, 4) is 0 Å². The molecule has 128 valence electrons. The quantitative estimate of drug-likeness (QED) is 0.788. The molecule has 1 saturated heterocycles. The van der Waals surface area contributed by atoms with E-state index in [1.54, 1.807) is 11.0 Å². The molecule has 3 rings (SSSR count). The number of ether oxygens (including phenoxy) is 1. The van der Waals surface area contributed by atoms with Crippen molar-refractivity contribution in [1.82, 2.24) is 19.7 Å². The number of esters is 1. The Hall–Kier alpha value is -2.21. The van der Waals surface area contributed by atoms with E-state index < -0.39 is 5.97 Å². The van der Waals surface area contributed by atoms with Gasteiger partial charge in [0.05, 0.1) is 13.8 Å². The maximum Gasteiger partial charge on any atom is 0.377 e. The lowest BCUT2D eigenvalue weighted by molar-refractivity contribution is 0.0584. The highest BCUT2D eigenvalue weighted by atomic mass is 16.5. The molecule has 1 aromatic heterocycles. The summed E-state index contributed by atoms with van der Waals surface area (Å²) in [6.45, 7) is 4.88. The van der Waals surface area contributed by atoms with Gasteiger partial charge < -0.3 is 4.74 Å². The number of nitrogens with zero attached hydrogens (tertiary/aromatic N) is 4. The summed E-state index contributed by atoms with van der Waals surface area (Å²) in [5.41, 5.74) is 2.71. The Labute approximate surface area is 142 Å². The van der Waals surface area contributed by atoms with Crippen LogP contribution in [-0.4, -0.2) is 45.8 Å². The fraction of sp³-hybridized carbons (Fsp3) is 0.500. The van der Waals surface area contributed by atoms with Gasteiger partial charge in [-0.15, -0.1) is 5.10 Å². The van der Waals surface area contributed by atoms with Crippen LogP contribution in [0.25, 0.3) is 0 Å². The molecular weight excluding hydrogens is 304 g/mol. The average molecular weight is 328 g/mol. The Kier molecular flexibility index (Phi) is 5.25. The van der Waals surface area contributed by atoms with E-state index in [0.717, 1.165) is 19.5 Å². The van der Waals surface area contributed by atoms with Crippen LogP contribution >= 0.6 is 0 Å². The molecule has 24 heavy (non-hydrogen) atoms. The van der Waals surface area contributed by atoms with E-state index in [-0.39, 0.29) is 5.82 Å². The number of piperidine rings is 1. The first kappa shape index (κ1) is 16.6. The molecule has 0 unspecified atom stereocenters. The first-order valence-corrected chi connectivity index (χ1v) is 8.39. The van der Waals surface area contributed by atoms with Gasteiger partial charge in [-0.25, -0.2) is 14.5 Å². The largest absolute Gasteiger partial charge is 0.463 e.